The van der Waals surface area contributed by atoms with E-state index in [2.05, 4.69) is 10.3 Å². The zero-order valence-corrected chi connectivity index (χ0v) is 11.8. The quantitative estimate of drug-likeness (QED) is 0.681. The minimum Gasteiger partial charge on any atom is -0.376 e. The minimum absolute atomic E-state index is 0.0279. The summed E-state index contributed by atoms with van der Waals surface area (Å²) in [5.74, 6) is 0. The summed E-state index contributed by atoms with van der Waals surface area (Å²) in [4.78, 5) is 15.9. The van der Waals surface area contributed by atoms with Crippen molar-refractivity contribution in [2.75, 3.05) is 5.32 Å². The van der Waals surface area contributed by atoms with Gasteiger partial charge in [0.05, 0.1) is 11.0 Å². The molecule has 0 radical (unpaired) electrons. The van der Waals surface area contributed by atoms with E-state index in [1.165, 1.54) is 0 Å². The molecule has 0 bridgehead atoms. The van der Waals surface area contributed by atoms with Gasteiger partial charge in [-0.3, -0.25) is 10.1 Å². The van der Waals surface area contributed by atoms with Crippen LogP contribution in [0.4, 0.5) is 11.4 Å². The van der Waals surface area contributed by atoms with Crippen LogP contribution in [0.5, 0.6) is 0 Å². The lowest BCUT2D eigenvalue weighted by molar-refractivity contribution is -0.384. The number of benzene rings is 1. The van der Waals surface area contributed by atoms with E-state index in [9.17, 15) is 10.1 Å². The van der Waals surface area contributed by atoms with Crippen LogP contribution in [0.3, 0.4) is 0 Å². The van der Waals surface area contributed by atoms with Crippen LogP contribution in [0.2, 0.25) is 0 Å². The molecule has 0 aliphatic heterocycles. The predicted molar refractivity (Wildman–Crippen MR) is 76.7 cm³/mol. The third-order valence-electron chi connectivity index (χ3n) is 2.67. The van der Waals surface area contributed by atoms with Crippen molar-refractivity contribution in [2.45, 2.75) is 26.8 Å². The first kappa shape index (κ1) is 13.5. The maximum Gasteiger partial charge on any atom is 0.271 e. The van der Waals surface area contributed by atoms with Crippen molar-refractivity contribution < 1.29 is 4.92 Å². The fourth-order valence-corrected chi connectivity index (χ4v) is 2.61. The van der Waals surface area contributed by atoms with Crippen molar-refractivity contribution >= 4 is 22.7 Å². The summed E-state index contributed by atoms with van der Waals surface area (Å²) in [6.45, 7) is 5.84. The molecule has 0 aliphatic rings. The van der Waals surface area contributed by atoms with Gasteiger partial charge in [-0.15, -0.1) is 11.3 Å². The monoisotopic (exact) mass is 277 g/mol. The largest absolute Gasteiger partial charge is 0.376 e. The number of anilines is 1. The summed E-state index contributed by atoms with van der Waals surface area (Å²) in [5, 5.41) is 15.1. The number of rotatable bonds is 4. The average molecular weight is 277 g/mol. The third-order valence-corrected chi connectivity index (χ3v) is 3.76. The molecule has 5 nitrogen and oxygen atoms in total. The summed E-state index contributed by atoms with van der Waals surface area (Å²) >= 11 is 1.62. The maximum atomic E-state index is 10.8. The molecular formula is C13H15N3O2S. The van der Waals surface area contributed by atoms with Crippen LogP contribution < -0.4 is 5.32 Å². The van der Waals surface area contributed by atoms with Crippen molar-refractivity contribution in [3.63, 3.8) is 0 Å². The Morgan fingerprint density at radius 2 is 2.11 bits per heavy atom. The number of hydrogen-bond acceptors (Lipinski definition) is 5. The normalized spacial score (nSPS) is 12.2. The average Bonchev–Trinajstić information content (AvgIpc) is 2.75. The molecule has 100 valence electrons. The highest BCUT2D eigenvalue weighted by Crippen LogP contribution is 2.26. The van der Waals surface area contributed by atoms with Gasteiger partial charge >= 0.3 is 0 Å². The Morgan fingerprint density at radius 1 is 1.37 bits per heavy atom. The Hall–Kier alpha value is -1.95. The molecule has 2 rings (SSSR count). The van der Waals surface area contributed by atoms with Gasteiger partial charge in [0.1, 0.15) is 5.01 Å². The lowest BCUT2D eigenvalue weighted by Gasteiger charge is -2.13. The van der Waals surface area contributed by atoms with Crippen molar-refractivity contribution in [2.24, 2.45) is 0 Å². The van der Waals surface area contributed by atoms with Gasteiger partial charge in [0.2, 0.25) is 0 Å². The van der Waals surface area contributed by atoms with Crippen LogP contribution in [0, 0.1) is 24.0 Å². The highest BCUT2D eigenvalue weighted by molar-refractivity contribution is 7.11. The Labute approximate surface area is 115 Å². The molecule has 2 aromatic rings. The van der Waals surface area contributed by atoms with Gasteiger partial charge in [0, 0.05) is 28.9 Å². The van der Waals surface area contributed by atoms with Crippen LogP contribution in [0.25, 0.3) is 0 Å². The Kier molecular flexibility index (Phi) is 3.80. The number of thiazole rings is 1. The molecule has 1 unspecified atom stereocenters. The van der Waals surface area contributed by atoms with E-state index in [-0.39, 0.29) is 16.7 Å². The molecule has 19 heavy (non-hydrogen) atoms. The summed E-state index contributed by atoms with van der Waals surface area (Å²) < 4.78 is 0. The molecule has 1 atom stereocenters. The lowest BCUT2D eigenvalue weighted by atomic mass is 10.2. The number of non-ortho nitro benzene ring substituents is 1. The zero-order chi connectivity index (χ0) is 14.0. The first-order valence-electron chi connectivity index (χ1n) is 5.90. The van der Waals surface area contributed by atoms with E-state index in [1.54, 1.807) is 23.5 Å². The molecule has 1 heterocycles. The van der Waals surface area contributed by atoms with Crippen LogP contribution in [-0.2, 0) is 0 Å². The topological polar surface area (TPSA) is 68.1 Å². The number of nitro benzene ring substituents is 1. The summed E-state index contributed by atoms with van der Waals surface area (Å²) in [7, 11) is 0. The second kappa shape index (κ2) is 5.36. The van der Waals surface area contributed by atoms with Crippen LogP contribution in [0.15, 0.2) is 24.4 Å². The molecule has 0 fully saturated rings. The Bertz CT molecular complexity index is 610. The highest BCUT2D eigenvalue weighted by Gasteiger charge is 2.12. The Morgan fingerprint density at radius 3 is 2.68 bits per heavy atom. The molecule has 0 saturated heterocycles. The molecule has 0 aliphatic carbocycles. The van der Waals surface area contributed by atoms with Gasteiger partial charge < -0.3 is 5.32 Å². The molecule has 0 saturated carbocycles. The Balaban J connectivity index is 2.21. The fraction of sp³-hybridized carbons (Fsp3) is 0.308. The number of nitro groups is 1. The molecule has 0 spiro atoms. The van der Waals surface area contributed by atoms with Gasteiger partial charge in [-0.1, -0.05) is 0 Å². The van der Waals surface area contributed by atoms with E-state index < -0.39 is 0 Å². The SMILES string of the molecule is Cc1cc(NC(C)c2ncc(C)s2)cc([N+](=O)[O-])c1. The highest BCUT2D eigenvalue weighted by atomic mass is 32.1. The standard InChI is InChI=1S/C13H15N3O2S/c1-8-4-11(6-12(5-8)16(17)18)15-10(3)13-14-7-9(2)19-13/h4-7,10,15H,1-3H3. The predicted octanol–water partition coefficient (Wildman–Crippen LogP) is 3.84. The number of aryl methyl sites for hydroxylation is 2. The van der Waals surface area contributed by atoms with Crippen molar-refractivity contribution in [3.05, 3.63) is 50.0 Å². The number of hydrogen-bond donors (Lipinski definition) is 1. The maximum absolute atomic E-state index is 10.8. The third kappa shape index (κ3) is 3.29. The van der Waals surface area contributed by atoms with Crippen molar-refractivity contribution in [3.8, 4) is 0 Å². The van der Waals surface area contributed by atoms with E-state index >= 15 is 0 Å². The number of nitrogens with one attached hydrogen (secondary N) is 1. The van der Waals surface area contributed by atoms with E-state index in [0.29, 0.717) is 0 Å². The number of aromatic nitrogens is 1. The minimum atomic E-state index is -0.379. The van der Waals surface area contributed by atoms with E-state index in [0.717, 1.165) is 21.1 Å². The second-order valence-electron chi connectivity index (χ2n) is 4.49. The van der Waals surface area contributed by atoms with Crippen LogP contribution in [0.1, 0.15) is 28.4 Å². The summed E-state index contributed by atoms with van der Waals surface area (Å²) in [6, 6.07) is 5.03. The van der Waals surface area contributed by atoms with Gasteiger partial charge in [-0.2, -0.15) is 0 Å². The summed E-state index contributed by atoms with van der Waals surface area (Å²) in [6.07, 6.45) is 1.83. The van der Waals surface area contributed by atoms with Crippen LogP contribution >= 0.6 is 11.3 Å². The van der Waals surface area contributed by atoms with Gasteiger partial charge in [-0.05, 0) is 32.4 Å². The zero-order valence-electron chi connectivity index (χ0n) is 11.0. The smallest absolute Gasteiger partial charge is 0.271 e. The second-order valence-corrected chi connectivity index (χ2v) is 5.76. The van der Waals surface area contributed by atoms with E-state index in [4.69, 9.17) is 0 Å². The fourth-order valence-electron chi connectivity index (χ4n) is 1.84. The van der Waals surface area contributed by atoms with Gasteiger partial charge in [-0.25, -0.2) is 4.98 Å². The molecule has 1 aromatic carbocycles. The number of nitrogens with zero attached hydrogens (tertiary/aromatic N) is 2. The van der Waals surface area contributed by atoms with Crippen molar-refractivity contribution in [1.82, 2.24) is 4.98 Å². The first-order valence-corrected chi connectivity index (χ1v) is 6.72. The molecule has 0 amide bonds. The van der Waals surface area contributed by atoms with E-state index in [1.807, 2.05) is 33.0 Å². The molecule has 1 aromatic heterocycles. The molecule has 1 N–H and O–H groups in total. The van der Waals surface area contributed by atoms with Crippen molar-refractivity contribution in [1.29, 1.82) is 0 Å². The summed E-state index contributed by atoms with van der Waals surface area (Å²) in [5.41, 5.74) is 1.70. The molecular weight excluding hydrogens is 262 g/mol. The van der Waals surface area contributed by atoms with Gasteiger partial charge in [0.15, 0.2) is 0 Å². The van der Waals surface area contributed by atoms with Crippen LogP contribution in [-0.4, -0.2) is 9.91 Å². The first-order chi connectivity index (χ1) is 8.95. The lowest BCUT2D eigenvalue weighted by Crippen LogP contribution is -2.06. The molecule has 6 heteroatoms. The van der Waals surface area contributed by atoms with Gasteiger partial charge in [0.25, 0.3) is 5.69 Å².